The van der Waals surface area contributed by atoms with Gasteiger partial charge in [0.2, 0.25) is 5.91 Å². The van der Waals surface area contributed by atoms with Crippen LogP contribution in [0.1, 0.15) is 36.8 Å². The Bertz CT molecular complexity index is 1450. The molecule has 1 aromatic carbocycles. The van der Waals surface area contributed by atoms with Gasteiger partial charge in [0.05, 0.1) is 15.6 Å². The predicted molar refractivity (Wildman–Crippen MR) is 140 cm³/mol. The molecule has 3 aromatic rings. The van der Waals surface area contributed by atoms with Gasteiger partial charge in [0.15, 0.2) is 0 Å². The standard InChI is InChI=1S/C25H24ClF3N4O3S2/c26-20-7-8-22(37-20)38(35,36)32-24(9-10-24)23(34)30-15-16-13-19(31-21(14-16)33-11-1-2-12-33)17-3-5-18(6-4-17)25(27,28)29/h3-8,13-14,32H,1-2,9-12,15H2,(H,30,34). The summed E-state index contributed by atoms with van der Waals surface area (Å²) in [5.74, 6) is 0.236. The van der Waals surface area contributed by atoms with E-state index in [0.717, 1.165) is 49.4 Å². The summed E-state index contributed by atoms with van der Waals surface area (Å²) in [5.41, 5.74) is -0.257. The number of anilines is 1. The number of aromatic nitrogens is 1. The van der Waals surface area contributed by atoms with Crippen molar-refractivity contribution in [2.45, 2.75) is 48.2 Å². The van der Waals surface area contributed by atoms with Crippen LogP contribution >= 0.6 is 22.9 Å². The third-order valence-corrected chi connectivity index (χ3v) is 9.85. The number of amides is 1. The number of pyridine rings is 1. The molecule has 1 aliphatic carbocycles. The van der Waals surface area contributed by atoms with Crippen LogP contribution in [0.3, 0.4) is 0 Å². The van der Waals surface area contributed by atoms with Crippen LogP contribution in [0.5, 0.6) is 0 Å². The second-order valence-electron chi connectivity index (χ2n) is 9.42. The van der Waals surface area contributed by atoms with Gasteiger partial charge >= 0.3 is 6.18 Å². The van der Waals surface area contributed by atoms with E-state index in [0.29, 0.717) is 39.8 Å². The van der Waals surface area contributed by atoms with Crippen LogP contribution in [-0.2, 0) is 27.5 Å². The third kappa shape index (κ3) is 5.83. The number of halogens is 4. The Balaban J connectivity index is 1.35. The van der Waals surface area contributed by atoms with Gasteiger partial charge in [-0.2, -0.15) is 17.9 Å². The highest BCUT2D eigenvalue weighted by atomic mass is 35.5. The Kier molecular flexibility index (Phi) is 7.18. The van der Waals surface area contributed by atoms with Gasteiger partial charge < -0.3 is 10.2 Å². The molecular formula is C25H24ClF3N4O3S2. The van der Waals surface area contributed by atoms with E-state index >= 15 is 0 Å². The van der Waals surface area contributed by atoms with Gasteiger partial charge in [-0.15, -0.1) is 11.3 Å². The Morgan fingerprint density at radius 3 is 2.34 bits per heavy atom. The molecule has 0 unspecified atom stereocenters. The lowest BCUT2D eigenvalue weighted by molar-refractivity contribution is -0.137. The van der Waals surface area contributed by atoms with Crippen LogP contribution < -0.4 is 14.9 Å². The van der Waals surface area contributed by atoms with E-state index in [1.165, 1.54) is 24.3 Å². The highest BCUT2D eigenvalue weighted by Crippen LogP contribution is 2.38. The molecule has 1 saturated heterocycles. The van der Waals surface area contributed by atoms with Crippen molar-refractivity contribution in [1.29, 1.82) is 0 Å². The first-order valence-corrected chi connectivity index (χ1v) is 14.6. The number of carbonyl (C=O) groups excluding carboxylic acids is 1. The average Bonchev–Trinajstić information content (AvgIpc) is 3.24. The normalized spacial score (nSPS) is 17.0. The smallest absolute Gasteiger partial charge is 0.357 e. The fraction of sp³-hybridized carbons (Fsp3) is 0.360. The summed E-state index contributed by atoms with van der Waals surface area (Å²) in [7, 11) is -3.91. The average molecular weight is 585 g/mol. The molecule has 1 amide bonds. The quantitative estimate of drug-likeness (QED) is 0.379. The molecular weight excluding hydrogens is 561 g/mol. The first-order valence-electron chi connectivity index (χ1n) is 12.0. The molecule has 2 N–H and O–H groups in total. The van der Waals surface area contributed by atoms with Crippen molar-refractivity contribution >= 4 is 44.7 Å². The number of hydrogen-bond donors (Lipinski definition) is 2. The zero-order valence-electron chi connectivity index (χ0n) is 20.0. The molecule has 1 saturated carbocycles. The number of sulfonamides is 1. The zero-order valence-corrected chi connectivity index (χ0v) is 22.4. The first-order chi connectivity index (χ1) is 18.0. The van der Waals surface area contributed by atoms with E-state index < -0.39 is 33.2 Å². The third-order valence-electron chi connectivity index (χ3n) is 6.59. The molecule has 202 valence electrons. The molecule has 13 heteroatoms. The second-order valence-corrected chi connectivity index (χ2v) is 13.0. The van der Waals surface area contributed by atoms with Crippen LogP contribution in [0.4, 0.5) is 19.0 Å². The topological polar surface area (TPSA) is 91.4 Å². The number of alkyl halides is 3. The Morgan fingerprint density at radius 1 is 1.08 bits per heavy atom. The highest BCUT2D eigenvalue weighted by Gasteiger charge is 2.52. The number of benzene rings is 1. The number of thiophene rings is 1. The number of nitrogens with one attached hydrogen (secondary N) is 2. The molecule has 2 aromatic heterocycles. The van der Waals surface area contributed by atoms with E-state index in [2.05, 4.69) is 19.9 Å². The number of rotatable bonds is 8. The maximum Gasteiger partial charge on any atom is 0.416 e. The van der Waals surface area contributed by atoms with Crippen LogP contribution in [0.2, 0.25) is 4.34 Å². The second kappa shape index (κ2) is 10.1. The van der Waals surface area contributed by atoms with Gasteiger partial charge in [0, 0.05) is 25.2 Å². The van der Waals surface area contributed by atoms with Gasteiger partial charge in [0.25, 0.3) is 10.0 Å². The zero-order chi connectivity index (χ0) is 27.1. The highest BCUT2D eigenvalue weighted by molar-refractivity contribution is 7.91. The van der Waals surface area contributed by atoms with E-state index in [9.17, 15) is 26.4 Å². The van der Waals surface area contributed by atoms with Crippen molar-refractivity contribution in [3.05, 3.63) is 64.0 Å². The summed E-state index contributed by atoms with van der Waals surface area (Å²) in [4.78, 5) is 19.8. The first kappa shape index (κ1) is 26.9. The SMILES string of the molecule is O=C(NCc1cc(-c2ccc(C(F)(F)F)cc2)nc(N2CCCC2)c1)C1(NS(=O)(=O)c2ccc(Cl)s2)CC1. The van der Waals surface area contributed by atoms with E-state index in [4.69, 9.17) is 11.6 Å². The molecule has 2 fully saturated rings. The number of carbonyl (C=O) groups is 1. The Morgan fingerprint density at radius 2 is 1.76 bits per heavy atom. The van der Waals surface area contributed by atoms with Crippen LogP contribution in [0.25, 0.3) is 11.3 Å². The van der Waals surface area contributed by atoms with Crippen molar-refractivity contribution < 1.29 is 26.4 Å². The van der Waals surface area contributed by atoms with E-state index in [-0.39, 0.29) is 10.8 Å². The van der Waals surface area contributed by atoms with Crippen molar-refractivity contribution in [3.63, 3.8) is 0 Å². The van der Waals surface area contributed by atoms with Gasteiger partial charge in [-0.1, -0.05) is 23.7 Å². The number of hydrogen-bond acceptors (Lipinski definition) is 6. The van der Waals surface area contributed by atoms with Crippen LogP contribution in [-0.4, -0.2) is 37.9 Å². The summed E-state index contributed by atoms with van der Waals surface area (Å²) in [6.45, 7) is 1.73. The fourth-order valence-electron chi connectivity index (χ4n) is 4.36. The molecule has 7 nitrogen and oxygen atoms in total. The molecule has 0 spiro atoms. The minimum absolute atomic E-state index is 0.0344. The lowest BCUT2D eigenvalue weighted by Gasteiger charge is -2.20. The molecule has 1 aliphatic heterocycles. The number of nitrogens with zero attached hydrogens (tertiary/aromatic N) is 2. The Hall–Kier alpha value is -2.67. The van der Waals surface area contributed by atoms with Crippen molar-refractivity contribution in [1.82, 2.24) is 15.0 Å². The molecule has 5 rings (SSSR count). The largest absolute Gasteiger partial charge is 0.416 e. The van der Waals surface area contributed by atoms with Gasteiger partial charge in [0.1, 0.15) is 15.6 Å². The predicted octanol–water partition coefficient (Wildman–Crippen LogP) is 5.21. The van der Waals surface area contributed by atoms with Crippen molar-refractivity contribution in [2.24, 2.45) is 0 Å². The molecule has 2 aliphatic rings. The lowest BCUT2D eigenvalue weighted by Crippen LogP contribution is -2.48. The van der Waals surface area contributed by atoms with E-state index in [1.807, 2.05) is 6.07 Å². The summed E-state index contributed by atoms with van der Waals surface area (Å²) >= 11 is 6.78. The molecule has 0 radical (unpaired) electrons. The Labute approximate surface area is 227 Å². The summed E-state index contributed by atoms with van der Waals surface area (Å²) in [5, 5.41) is 2.82. The monoisotopic (exact) mass is 584 g/mol. The lowest BCUT2D eigenvalue weighted by atomic mass is 10.1. The molecule has 38 heavy (non-hydrogen) atoms. The minimum atomic E-state index is -4.44. The molecule has 0 bridgehead atoms. The molecule has 0 atom stereocenters. The maximum atomic E-state index is 13.0. The maximum absolute atomic E-state index is 13.0. The fourth-order valence-corrected chi connectivity index (χ4v) is 7.27. The molecule has 3 heterocycles. The summed E-state index contributed by atoms with van der Waals surface area (Å²) in [6, 6.07) is 11.2. The summed E-state index contributed by atoms with van der Waals surface area (Å²) < 4.78 is 67.4. The van der Waals surface area contributed by atoms with Crippen molar-refractivity contribution in [3.8, 4) is 11.3 Å². The van der Waals surface area contributed by atoms with Crippen molar-refractivity contribution in [2.75, 3.05) is 18.0 Å². The van der Waals surface area contributed by atoms with Gasteiger partial charge in [-0.25, -0.2) is 13.4 Å². The van der Waals surface area contributed by atoms with Crippen LogP contribution in [0, 0.1) is 0 Å². The van der Waals surface area contributed by atoms with Gasteiger partial charge in [-0.05, 0) is 67.6 Å². The minimum Gasteiger partial charge on any atom is -0.357 e. The summed E-state index contributed by atoms with van der Waals surface area (Å²) in [6.07, 6.45) is -1.69. The van der Waals surface area contributed by atoms with E-state index in [1.54, 1.807) is 6.07 Å². The van der Waals surface area contributed by atoms with Crippen LogP contribution in [0.15, 0.2) is 52.7 Å². The van der Waals surface area contributed by atoms with Gasteiger partial charge in [-0.3, -0.25) is 4.79 Å².